The number of rotatable bonds is 3. The van der Waals surface area contributed by atoms with E-state index in [1.807, 2.05) is 0 Å². The molecule has 3 nitrogen and oxygen atoms in total. The zero-order valence-corrected chi connectivity index (χ0v) is 13.7. The average molecular weight is 306 g/mol. The van der Waals surface area contributed by atoms with E-state index in [-0.39, 0.29) is 17.4 Å². The molecule has 0 aliphatic heterocycles. The van der Waals surface area contributed by atoms with Crippen LogP contribution in [0.5, 0.6) is 0 Å². The van der Waals surface area contributed by atoms with Gasteiger partial charge in [0.2, 0.25) is 5.91 Å². The summed E-state index contributed by atoms with van der Waals surface area (Å²) in [6.07, 6.45) is 7.87. The lowest BCUT2D eigenvalue weighted by Crippen LogP contribution is -2.60. The highest BCUT2D eigenvalue weighted by atomic mass is 32.1. The summed E-state index contributed by atoms with van der Waals surface area (Å²) in [5, 5.41) is 5.50. The Morgan fingerprint density at radius 2 is 2.29 bits per heavy atom. The van der Waals surface area contributed by atoms with E-state index in [0.717, 1.165) is 25.7 Å². The van der Waals surface area contributed by atoms with Crippen molar-refractivity contribution in [3.8, 4) is 0 Å². The van der Waals surface area contributed by atoms with Gasteiger partial charge in [-0.2, -0.15) is 0 Å². The number of nitrogens with two attached hydrogens (primary N) is 1. The maximum Gasteiger partial charge on any atom is 0.228 e. The molecule has 116 valence electrons. The molecular weight excluding hydrogens is 280 g/mol. The summed E-state index contributed by atoms with van der Waals surface area (Å²) in [4.78, 5) is 14.3. The summed E-state index contributed by atoms with van der Waals surface area (Å²) in [6, 6.07) is 2.14. The lowest BCUT2D eigenvalue weighted by atomic mass is 9.73. The number of aryl methyl sites for hydroxylation is 1. The lowest BCUT2D eigenvalue weighted by Gasteiger charge is -2.43. The van der Waals surface area contributed by atoms with Gasteiger partial charge in [-0.3, -0.25) is 4.79 Å². The minimum Gasteiger partial charge on any atom is -0.349 e. The molecule has 1 aromatic rings. The van der Waals surface area contributed by atoms with E-state index in [1.165, 1.54) is 29.7 Å². The van der Waals surface area contributed by atoms with Gasteiger partial charge in [-0.25, -0.2) is 0 Å². The monoisotopic (exact) mass is 306 g/mol. The minimum atomic E-state index is -0.178. The summed E-state index contributed by atoms with van der Waals surface area (Å²) in [7, 11) is 0. The molecule has 1 heterocycles. The minimum absolute atomic E-state index is 0.0394. The Hall–Kier alpha value is -0.870. The first-order valence-electron chi connectivity index (χ1n) is 8.24. The third kappa shape index (κ3) is 2.76. The first kappa shape index (κ1) is 15.0. The van der Waals surface area contributed by atoms with E-state index in [1.54, 1.807) is 11.3 Å². The van der Waals surface area contributed by atoms with E-state index in [9.17, 15) is 4.79 Å². The molecule has 2 aliphatic carbocycles. The van der Waals surface area contributed by atoms with Crippen molar-refractivity contribution in [1.29, 1.82) is 0 Å². The fourth-order valence-electron chi connectivity index (χ4n) is 4.04. The number of thiophene rings is 1. The van der Waals surface area contributed by atoms with Crippen molar-refractivity contribution >= 4 is 17.2 Å². The van der Waals surface area contributed by atoms with Crippen LogP contribution in [0.1, 0.15) is 61.8 Å². The molecule has 0 saturated heterocycles. The second-order valence-electron chi connectivity index (χ2n) is 6.74. The topological polar surface area (TPSA) is 55.1 Å². The van der Waals surface area contributed by atoms with Gasteiger partial charge >= 0.3 is 0 Å². The number of carbonyl (C=O) groups excluding carboxylic acids is 1. The first-order chi connectivity index (χ1) is 10.2. The molecule has 0 bridgehead atoms. The number of carbonyl (C=O) groups is 1. The Balaban J connectivity index is 1.77. The summed E-state index contributed by atoms with van der Waals surface area (Å²) < 4.78 is 0. The summed E-state index contributed by atoms with van der Waals surface area (Å²) >= 11 is 1.79. The van der Waals surface area contributed by atoms with E-state index in [4.69, 9.17) is 5.73 Å². The summed E-state index contributed by atoms with van der Waals surface area (Å²) in [6.45, 7) is 2.80. The Bertz CT molecular complexity index is 513. The van der Waals surface area contributed by atoms with Gasteiger partial charge in [0.05, 0.1) is 11.5 Å². The van der Waals surface area contributed by atoms with Gasteiger partial charge in [0.25, 0.3) is 0 Å². The second-order valence-corrected chi connectivity index (χ2v) is 7.74. The normalized spacial score (nSPS) is 32.5. The second kappa shape index (κ2) is 6.09. The molecular formula is C17H26N2OS. The Morgan fingerprint density at radius 3 is 3.05 bits per heavy atom. The number of nitrogens with one attached hydrogen (secondary N) is 1. The van der Waals surface area contributed by atoms with Crippen molar-refractivity contribution in [2.45, 2.75) is 63.3 Å². The molecule has 3 unspecified atom stereocenters. The van der Waals surface area contributed by atoms with Gasteiger partial charge in [0.1, 0.15) is 0 Å². The zero-order valence-electron chi connectivity index (χ0n) is 12.9. The highest BCUT2D eigenvalue weighted by molar-refractivity contribution is 7.10. The fourth-order valence-corrected chi connectivity index (χ4v) is 5.03. The van der Waals surface area contributed by atoms with Gasteiger partial charge in [0.15, 0.2) is 0 Å². The van der Waals surface area contributed by atoms with E-state index in [0.29, 0.717) is 12.5 Å². The largest absolute Gasteiger partial charge is 0.349 e. The highest BCUT2D eigenvalue weighted by Crippen LogP contribution is 2.37. The molecule has 2 aliphatic rings. The van der Waals surface area contributed by atoms with Crippen molar-refractivity contribution in [1.82, 2.24) is 5.32 Å². The molecule has 3 atom stereocenters. The van der Waals surface area contributed by atoms with Gasteiger partial charge in [-0.05, 0) is 55.0 Å². The van der Waals surface area contributed by atoms with Crippen molar-refractivity contribution in [2.24, 2.45) is 11.7 Å². The smallest absolute Gasteiger partial charge is 0.228 e. The summed E-state index contributed by atoms with van der Waals surface area (Å²) in [5.41, 5.74) is 7.15. The van der Waals surface area contributed by atoms with Crippen molar-refractivity contribution in [2.75, 3.05) is 6.54 Å². The summed E-state index contributed by atoms with van der Waals surface area (Å²) in [5.74, 6) is 0.719. The SMILES string of the molecule is CC1CCCCC1(CN)NC(=O)C1CCCc2sccc21. The predicted octanol–water partition coefficient (Wildman–Crippen LogP) is 3.19. The molecule has 0 radical (unpaired) electrons. The Morgan fingerprint density at radius 1 is 1.43 bits per heavy atom. The van der Waals surface area contributed by atoms with Crippen LogP contribution >= 0.6 is 11.3 Å². The van der Waals surface area contributed by atoms with Crippen molar-refractivity contribution in [3.05, 3.63) is 21.9 Å². The Labute approximate surface area is 131 Å². The van der Waals surface area contributed by atoms with Gasteiger partial charge in [-0.1, -0.05) is 19.8 Å². The van der Waals surface area contributed by atoms with Crippen LogP contribution in [-0.2, 0) is 11.2 Å². The molecule has 4 heteroatoms. The molecule has 3 N–H and O–H groups in total. The van der Waals surface area contributed by atoms with Crippen LogP contribution < -0.4 is 11.1 Å². The molecule has 1 aromatic heterocycles. The number of hydrogen-bond acceptors (Lipinski definition) is 3. The van der Waals surface area contributed by atoms with E-state index >= 15 is 0 Å². The van der Waals surface area contributed by atoms with E-state index in [2.05, 4.69) is 23.7 Å². The van der Waals surface area contributed by atoms with Crippen LogP contribution in [0, 0.1) is 5.92 Å². The molecule has 0 spiro atoms. The third-order valence-electron chi connectivity index (χ3n) is 5.56. The number of amides is 1. The molecule has 0 aromatic carbocycles. The molecule has 3 rings (SSSR count). The zero-order chi connectivity index (χ0) is 14.9. The molecule has 1 fully saturated rings. The van der Waals surface area contributed by atoms with E-state index < -0.39 is 0 Å². The quantitative estimate of drug-likeness (QED) is 0.901. The van der Waals surface area contributed by atoms with Crippen LogP contribution in [0.4, 0.5) is 0 Å². The lowest BCUT2D eigenvalue weighted by molar-refractivity contribution is -0.125. The van der Waals surface area contributed by atoms with Crippen LogP contribution in [0.15, 0.2) is 11.4 Å². The number of fused-ring (bicyclic) bond motifs is 1. The fraction of sp³-hybridized carbons (Fsp3) is 0.706. The van der Waals surface area contributed by atoms with Gasteiger partial charge in [-0.15, -0.1) is 11.3 Å². The number of hydrogen-bond donors (Lipinski definition) is 2. The van der Waals surface area contributed by atoms with Crippen LogP contribution in [-0.4, -0.2) is 18.0 Å². The van der Waals surface area contributed by atoms with Crippen molar-refractivity contribution in [3.63, 3.8) is 0 Å². The first-order valence-corrected chi connectivity index (χ1v) is 9.12. The van der Waals surface area contributed by atoms with Crippen LogP contribution in [0.3, 0.4) is 0 Å². The van der Waals surface area contributed by atoms with Crippen molar-refractivity contribution < 1.29 is 4.79 Å². The maximum absolute atomic E-state index is 12.9. The average Bonchev–Trinajstić information content (AvgIpc) is 2.98. The Kier molecular flexibility index (Phi) is 4.36. The van der Waals surface area contributed by atoms with Crippen LogP contribution in [0.25, 0.3) is 0 Å². The third-order valence-corrected chi connectivity index (χ3v) is 6.55. The van der Waals surface area contributed by atoms with Gasteiger partial charge in [0, 0.05) is 11.4 Å². The predicted molar refractivity (Wildman–Crippen MR) is 87.6 cm³/mol. The van der Waals surface area contributed by atoms with Crippen LogP contribution in [0.2, 0.25) is 0 Å². The molecule has 1 amide bonds. The highest BCUT2D eigenvalue weighted by Gasteiger charge is 2.40. The standard InChI is InChI=1S/C17H26N2OS/c1-12-5-2-3-9-17(12,11-18)19-16(20)14-6-4-7-15-13(14)8-10-21-15/h8,10,12,14H,2-7,9,11,18H2,1H3,(H,19,20). The molecule has 1 saturated carbocycles. The maximum atomic E-state index is 12.9. The molecule has 21 heavy (non-hydrogen) atoms. The van der Waals surface area contributed by atoms with Gasteiger partial charge < -0.3 is 11.1 Å².